The molecule has 0 aliphatic carbocycles. The third-order valence-electron chi connectivity index (χ3n) is 2.91. The molecule has 0 atom stereocenters. The van der Waals surface area contributed by atoms with Gasteiger partial charge in [0, 0.05) is 13.2 Å². The Balaban J connectivity index is 2.37. The highest BCUT2D eigenvalue weighted by Gasteiger charge is 2.23. The average Bonchev–Trinajstić information content (AvgIpc) is 2.54. The van der Waals surface area contributed by atoms with Crippen LogP contribution >= 0.6 is 0 Å². The molecule has 6 heteroatoms. The van der Waals surface area contributed by atoms with Crippen LogP contribution in [0.4, 0.5) is 5.69 Å². The van der Waals surface area contributed by atoms with Crippen molar-refractivity contribution >= 4 is 17.6 Å². The van der Waals surface area contributed by atoms with E-state index in [1.54, 1.807) is 6.07 Å². The van der Waals surface area contributed by atoms with Crippen LogP contribution in [0.5, 0.6) is 5.75 Å². The van der Waals surface area contributed by atoms with Crippen LogP contribution in [0.1, 0.15) is 23.2 Å². The third-order valence-corrected chi connectivity index (χ3v) is 2.91. The standard InChI is InChI=1S/C13H15NO5/c15-6-1-5-14-10-3-2-9(13(17)18)8-11(10)19-7-4-12(14)16/h2-3,8,15H,1,4-7H2,(H,17,18). The van der Waals surface area contributed by atoms with Crippen LogP contribution in [0.3, 0.4) is 0 Å². The van der Waals surface area contributed by atoms with Crippen molar-refractivity contribution < 1.29 is 24.5 Å². The molecule has 1 aromatic rings. The summed E-state index contributed by atoms with van der Waals surface area (Å²) in [4.78, 5) is 24.4. The Morgan fingerprint density at radius 1 is 1.42 bits per heavy atom. The number of carbonyl (C=O) groups excluding carboxylic acids is 1. The molecule has 0 fully saturated rings. The molecule has 1 amide bonds. The van der Waals surface area contributed by atoms with E-state index in [9.17, 15) is 9.59 Å². The van der Waals surface area contributed by atoms with Gasteiger partial charge in [0.15, 0.2) is 0 Å². The highest BCUT2D eigenvalue weighted by atomic mass is 16.5. The molecule has 0 bridgehead atoms. The maximum absolute atomic E-state index is 11.9. The molecule has 1 heterocycles. The van der Waals surface area contributed by atoms with Crippen LogP contribution < -0.4 is 9.64 Å². The summed E-state index contributed by atoms with van der Waals surface area (Å²) in [6.07, 6.45) is 0.703. The van der Waals surface area contributed by atoms with E-state index < -0.39 is 5.97 Å². The Morgan fingerprint density at radius 3 is 2.89 bits per heavy atom. The number of carboxylic acid groups (broad SMARTS) is 1. The number of aromatic carboxylic acids is 1. The lowest BCUT2D eigenvalue weighted by Crippen LogP contribution is -2.31. The van der Waals surface area contributed by atoms with Gasteiger partial charge in [-0.1, -0.05) is 0 Å². The predicted molar refractivity (Wildman–Crippen MR) is 67.6 cm³/mol. The molecule has 1 aliphatic rings. The zero-order valence-electron chi connectivity index (χ0n) is 10.3. The van der Waals surface area contributed by atoms with Gasteiger partial charge in [-0.3, -0.25) is 4.79 Å². The van der Waals surface area contributed by atoms with Crippen molar-refractivity contribution in [1.82, 2.24) is 0 Å². The molecule has 2 rings (SSSR count). The topological polar surface area (TPSA) is 87.1 Å². The average molecular weight is 265 g/mol. The molecule has 0 saturated carbocycles. The van der Waals surface area contributed by atoms with Crippen molar-refractivity contribution in [2.45, 2.75) is 12.8 Å². The van der Waals surface area contributed by atoms with Crippen molar-refractivity contribution in [3.63, 3.8) is 0 Å². The Bertz CT molecular complexity index is 500. The number of fused-ring (bicyclic) bond motifs is 1. The van der Waals surface area contributed by atoms with Gasteiger partial charge in [0.2, 0.25) is 5.91 Å². The zero-order chi connectivity index (χ0) is 13.8. The fraction of sp³-hybridized carbons (Fsp3) is 0.385. The molecular weight excluding hydrogens is 250 g/mol. The molecule has 0 saturated heterocycles. The summed E-state index contributed by atoms with van der Waals surface area (Å²) in [5.74, 6) is -0.733. The second-order valence-electron chi connectivity index (χ2n) is 4.21. The maximum Gasteiger partial charge on any atom is 0.335 e. The van der Waals surface area contributed by atoms with E-state index in [2.05, 4.69) is 0 Å². The molecule has 2 N–H and O–H groups in total. The molecule has 1 aliphatic heterocycles. The van der Waals surface area contributed by atoms with Crippen molar-refractivity contribution in [3.8, 4) is 5.75 Å². The Kier molecular flexibility index (Phi) is 4.01. The molecular formula is C13H15NO5. The van der Waals surface area contributed by atoms with Crippen molar-refractivity contribution in [2.75, 3.05) is 24.7 Å². The normalized spacial score (nSPS) is 14.6. The molecule has 102 valence electrons. The van der Waals surface area contributed by atoms with Crippen molar-refractivity contribution in [1.29, 1.82) is 0 Å². The predicted octanol–water partition coefficient (Wildman–Crippen LogP) is 0.883. The molecule has 0 radical (unpaired) electrons. The first-order chi connectivity index (χ1) is 9.13. The monoisotopic (exact) mass is 265 g/mol. The lowest BCUT2D eigenvalue weighted by atomic mass is 10.1. The van der Waals surface area contributed by atoms with Crippen molar-refractivity contribution in [2.24, 2.45) is 0 Å². The van der Waals surface area contributed by atoms with Gasteiger partial charge >= 0.3 is 5.97 Å². The number of hydrogen-bond acceptors (Lipinski definition) is 4. The number of aliphatic hydroxyl groups is 1. The first-order valence-corrected chi connectivity index (χ1v) is 6.05. The van der Waals surface area contributed by atoms with Gasteiger partial charge in [-0.05, 0) is 24.6 Å². The summed E-state index contributed by atoms with van der Waals surface area (Å²) in [6.45, 7) is 0.607. The minimum Gasteiger partial charge on any atom is -0.491 e. The summed E-state index contributed by atoms with van der Waals surface area (Å²) in [5.41, 5.74) is 0.677. The largest absolute Gasteiger partial charge is 0.491 e. The number of amides is 1. The van der Waals surface area contributed by atoms with Crippen LogP contribution in [-0.2, 0) is 4.79 Å². The summed E-state index contributed by atoms with van der Waals surface area (Å²) in [6, 6.07) is 4.43. The second-order valence-corrected chi connectivity index (χ2v) is 4.21. The minimum absolute atomic E-state index is 0.00677. The van der Waals surface area contributed by atoms with Gasteiger partial charge in [0.1, 0.15) is 5.75 Å². The summed E-state index contributed by atoms with van der Waals surface area (Å²) >= 11 is 0. The van der Waals surface area contributed by atoms with E-state index in [4.69, 9.17) is 14.9 Å². The number of nitrogens with zero attached hydrogens (tertiary/aromatic N) is 1. The van der Waals surface area contributed by atoms with Crippen LogP contribution in [0.2, 0.25) is 0 Å². The van der Waals surface area contributed by atoms with Crippen LogP contribution in [0.25, 0.3) is 0 Å². The van der Waals surface area contributed by atoms with E-state index in [0.29, 0.717) is 24.4 Å². The first kappa shape index (κ1) is 13.4. The van der Waals surface area contributed by atoms with Gasteiger partial charge in [-0.25, -0.2) is 4.79 Å². The first-order valence-electron chi connectivity index (χ1n) is 6.05. The van der Waals surface area contributed by atoms with E-state index >= 15 is 0 Å². The second kappa shape index (κ2) is 5.71. The lowest BCUT2D eigenvalue weighted by Gasteiger charge is -2.21. The fourth-order valence-electron chi connectivity index (χ4n) is 1.98. The number of benzene rings is 1. The maximum atomic E-state index is 11.9. The number of hydrogen-bond donors (Lipinski definition) is 2. The Hall–Kier alpha value is -2.08. The number of ether oxygens (including phenoxy) is 1. The summed E-state index contributed by atoms with van der Waals surface area (Å²) in [5, 5.41) is 17.8. The van der Waals surface area contributed by atoms with E-state index in [1.807, 2.05) is 0 Å². The highest BCUT2D eigenvalue weighted by Crippen LogP contribution is 2.32. The quantitative estimate of drug-likeness (QED) is 0.844. The smallest absolute Gasteiger partial charge is 0.335 e. The van der Waals surface area contributed by atoms with Crippen molar-refractivity contribution in [3.05, 3.63) is 23.8 Å². The molecule has 0 aromatic heterocycles. The van der Waals surface area contributed by atoms with Crippen LogP contribution in [-0.4, -0.2) is 41.8 Å². The Morgan fingerprint density at radius 2 is 2.21 bits per heavy atom. The molecule has 6 nitrogen and oxygen atoms in total. The molecule has 0 spiro atoms. The highest BCUT2D eigenvalue weighted by molar-refractivity contribution is 5.97. The van der Waals surface area contributed by atoms with Gasteiger partial charge in [0.25, 0.3) is 0 Å². The molecule has 0 unspecified atom stereocenters. The lowest BCUT2D eigenvalue weighted by molar-refractivity contribution is -0.118. The number of carboxylic acids is 1. The minimum atomic E-state index is -1.04. The SMILES string of the molecule is O=C(O)c1ccc2c(c1)OCCC(=O)N2CCCO. The number of carbonyl (C=O) groups is 2. The Labute approximate surface area is 110 Å². The van der Waals surface area contributed by atoms with Crippen LogP contribution in [0, 0.1) is 0 Å². The summed E-state index contributed by atoms with van der Waals surface area (Å²) < 4.78 is 5.43. The van der Waals surface area contributed by atoms with Gasteiger partial charge in [0.05, 0.1) is 24.3 Å². The van der Waals surface area contributed by atoms with E-state index in [-0.39, 0.29) is 31.1 Å². The third kappa shape index (κ3) is 2.85. The van der Waals surface area contributed by atoms with E-state index in [1.165, 1.54) is 17.0 Å². The summed E-state index contributed by atoms with van der Waals surface area (Å²) in [7, 11) is 0. The number of anilines is 1. The van der Waals surface area contributed by atoms with Gasteiger partial charge in [-0.15, -0.1) is 0 Å². The van der Waals surface area contributed by atoms with Gasteiger partial charge in [-0.2, -0.15) is 0 Å². The van der Waals surface area contributed by atoms with Crippen LogP contribution in [0.15, 0.2) is 18.2 Å². The van der Waals surface area contributed by atoms with E-state index in [0.717, 1.165) is 0 Å². The number of rotatable bonds is 4. The molecule has 1 aromatic carbocycles. The fourth-order valence-corrected chi connectivity index (χ4v) is 1.98. The number of aliphatic hydroxyl groups excluding tert-OH is 1. The zero-order valence-corrected chi connectivity index (χ0v) is 10.3. The molecule has 19 heavy (non-hydrogen) atoms. The van der Waals surface area contributed by atoms with Gasteiger partial charge < -0.3 is 19.8 Å².